The second-order valence-electron chi connectivity index (χ2n) is 4.10. The molecular weight excluding hydrogens is 224 g/mol. The van der Waals surface area contributed by atoms with Crippen LogP contribution < -0.4 is 10.5 Å². The van der Waals surface area contributed by atoms with Gasteiger partial charge in [0.25, 0.3) is 0 Å². The van der Waals surface area contributed by atoms with Crippen LogP contribution in [0.4, 0.5) is 11.5 Å². The van der Waals surface area contributed by atoms with E-state index in [4.69, 9.17) is 10.5 Å². The van der Waals surface area contributed by atoms with E-state index in [0.717, 1.165) is 19.5 Å². The largest absolute Gasteiger partial charge is 0.473 e. The van der Waals surface area contributed by atoms with Crippen molar-refractivity contribution in [2.75, 3.05) is 25.9 Å². The second kappa shape index (κ2) is 4.54. The Kier molecular flexibility index (Phi) is 3.10. The van der Waals surface area contributed by atoms with Crippen LogP contribution in [-0.2, 0) is 0 Å². The Balaban J connectivity index is 2.07. The number of pyridine rings is 1. The van der Waals surface area contributed by atoms with Crippen LogP contribution in [0.2, 0.25) is 0 Å². The van der Waals surface area contributed by atoms with Crippen molar-refractivity contribution in [3.8, 4) is 5.88 Å². The summed E-state index contributed by atoms with van der Waals surface area (Å²) in [5.41, 5.74) is 5.29. The summed E-state index contributed by atoms with van der Waals surface area (Å²) >= 11 is 0. The van der Waals surface area contributed by atoms with Gasteiger partial charge >= 0.3 is 5.69 Å². The van der Waals surface area contributed by atoms with E-state index < -0.39 is 4.92 Å². The highest BCUT2D eigenvalue weighted by Crippen LogP contribution is 2.23. The number of hydrogen-bond donors (Lipinski definition) is 1. The number of likely N-dealkylation sites (N-methyl/N-ethyl adjacent to an activating group) is 1. The Hall–Kier alpha value is -1.89. The zero-order valence-corrected chi connectivity index (χ0v) is 9.50. The van der Waals surface area contributed by atoms with E-state index in [1.165, 1.54) is 12.1 Å². The number of rotatable bonds is 3. The molecule has 17 heavy (non-hydrogen) atoms. The molecule has 1 aromatic heterocycles. The number of nitrogens with zero attached hydrogens (tertiary/aromatic N) is 3. The van der Waals surface area contributed by atoms with E-state index >= 15 is 0 Å². The molecule has 92 valence electrons. The predicted octanol–water partition coefficient (Wildman–Crippen LogP) is 0.655. The molecular formula is C10H14N4O3. The molecule has 1 fully saturated rings. The number of nitrogens with two attached hydrogens (primary N) is 1. The molecule has 2 heterocycles. The zero-order valence-electron chi connectivity index (χ0n) is 9.50. The third kappa shape index (κ3) is 2.62. The number of ether oxygens (including phenoxy) is 1. The normalized spacial score (nSPS) is 20.4. The van der Waals surface area contributed by atoms with Crippen molar-refractivity contribution < 1.29 is 9.66 Å². The molecule has 0 aromatic carbocycles. The minimum absolute atomic E-state index is 0.0772. The molecule has 7 nitrogen and oxygen atoms in total. The first-order chi connectivity index (χ1) is 8.06. The van der Waals surface area contributed by atoms with E-state index in [1.54, 1.807) is 0 Å². The highest BCUT2D eigenvalue weighted by molar-refractivity contribution is 5.53. The maximum atomic E-state index is 10.6. The van der Waals surface area contributed by atoms with Crippen molar-refractivity contribution in [1.29, 1.82) is 0 Å². The molecule has 2 rings (SSSR count). The lowest BCUT2D eigenvalue weighted by Crippen LogP contribution is -2.21. The molecule has 0 spiro atoms. The molecule has 1 aromatic rings. The fraction of sp³-hybridized carbons (Fsp3) is 0.500. The van der Waals surface area contributed by atoms with Crippen molar-refractivity contribution in [2.45, 2.75) is 12.5 Å². The van der Waals surface area contributed by atoms with Crippen LogP contribution in [0.3, 0.4) is 0 Å². The summed E-state index contributed by atoms with van der Waals surface area (Å²) in [5.74, 6) is 0.229. The first-order valence-electron chi connectivity index (χ1n) is 5.32. The van der Waals surface area contributed by atoms with E-state index in [9.17, 15) is 10.1 Å². The number of anilines is 1. The van der Waals surface area contributed by atoms with Crippen molar-refractivity contribution in [3.63, 3.8) is 0 Å². The molecule has 0 saturated carbocycles. The molecule has 1 atom stereocenters. The quantitative estimate of drug-likeness (QED) is 0.613. The fourth-order valence-corrected chi connectivity index (χ4v) is 1.83. The summed E-state index contributed by atoms with van der Waals surface area (Å²) in [7, 11) is 2.01. The highest BCUT2D eigenvalue weighted by Gasteiger charge is 2.22. The predicted molar refractivity (Wildman–Crippen MR) is 61.8 cm³/mol. The third-order valence-electron chi connectivity index (χ3n) is 2.71. The smallest absolute Gasteiger partial charge is 0.311 e. The van der Waals surface area contributed by atoms with E-state index in [1.807, 2.05) is 7.05 Å². The number of aromatic nitrogens is 1. The van der Waals surface area contributed by atoms with Crippen LogP contribution in [0, 0.1) is 10.1 Å². The Labute approximate surface area is 98.3 Å². The molecule has 1 aliphatic heterocycles. The zero-order chi connectivity index (χ0) is 12.4. The molecule has 7 heteroatoms. The summed E-state index contributed by atoms with van der Waals surface area (Å²) in [4.78, 5) is 16.0. The van der Waals surface area contributed by atoms with Crippen LogP contribution >= 0.6 is 0 Å². The van der Waals surface area contributed by atoms with E-state index in [0.29, 0.717) is 5.88 Å². The Morgan fingerprint density at radius 2 is 2.41 bits per heavy atom. The SMILES string of the molecule is CN1CCC(Oc2ccc([N+](=O)[O-])c(N)n2)C1. The van der Waals surface area contributed by atoms with Crippen LogP contribution in [0.25, 0.3) is 0 Å². The lowest BCUT2D eigenvalue weighted by Gasteiger charge is -2.12. The van der Waals surface area contributed by atoms with Gasteiger partial charge in [-0.3, -0.25) is 10.1 Å². The number of likely N-dealkylation sites (tertiary alicyclic amines) is 1. The van der Waals surface area contributed by atoms with Gasteiger partial charge in [0.15, 0.2) is 0 Å². The lowest BCUT2D eigenvalue weighted by atomic mass is 10.3. The van der Waals surface area contributed by atoms with Gasteiger partial charge in [0.2, 0.25) is 11.7 Å². The Morgan fingerprint density at radius 3 is 2.94 bits per heavy atom. The molecule has 1 unspecified atom stereocenters. The van der Waals surface area contributed by atoms with Crippen LogP contribution in [0.1, 0.15) is 6.42 Å². The molecule has 0 bridgehead atoms. The Morgan fingerprint density at radius 1 is 1.65 bits per heavy atom. The fourth-order valence-electron chi connectivity index (χ4n) is 1.83. The Bertz CT molecular complexity index is 438. The van der Waals surface area contributed by atoms with Crippen LogP contribution in [-0.4, -0.2) is 41.0 Å². The number of nitrogen functional groups attached to an aromatic ring is 1. The van der Waals surface area contributed by atoms with E-state index in [-0.39, 0.29) is 17.6 Å². The molecule has 2 N–H and O–H groups in total. The summed E-state index contributed by atoms with van der Waals surface area (Å²) in [6.07, 6.45) is 1.00. The van der Waals surface area contributed by atoms with Crippen molar-refractivity contribution in [3.05, 3.63) is 22.2 Å². The average molecular weight is 238 g/mol. The maximum absolute atomic E-state index is 10.6. The summed E-state index contributed by atoms with van der Waals surface area (Å²) in [6.45, 7) is 1.81. The second-order valence-corrected chi connectivity index (χ2v) is 4.10. The van der Waals surface area contributed by atoms with Gasteiger partial charge in [-0.2, -0.15) is 4.98 Å². The maximum Gasteiger partial charge on any atom is 0.311 e. The van der Waals surface area contributed by atoms with Crippen LogP contribution in [0.15, 0.2) is 12.1 Å². The third-order valence-corrected chi connectivity index (χ3v) is 2.71. The van der Waals surface area contributed by atoms with Crippen molar-refractivity contribution in [2.24, 2.45) is 0 Å². The average Bonchev–Trinajstić information content (AvgIpc) is 2.63. The summed E-state index contributed by atoms with van der Waals surface area (Å²) in [6, 6.07) is 2.79. The first-order valence-corrected chi connectivity index (χ1v) is 5.32. The van der Waals surface area contributed by atoms with Gasteiger partial charge in [-0.25, -0.2) is 0 Å². The summed E-state index contributed by atoms with van der Waals surface area (Å²) < 4.78 is 5.61. The first kappa shape index (κ1) is 11.6. The molecule has 0 aliphatic carbocycles. The molecule has 1 aliphatic rings. The molecule has 1 saturated heterocycles. The molecule has 0 amide bonds. The monoisotopic (exact) mass is 238 g/mol. The van der Waals surface area contributed by atoms with Gasteiger partial charge in [0.05, 0.1) is 4.92 Å². The van der Waals surface area contributed by atoms with Gasteiger partial charge in [0.1, 0.15) is 6.10 Å². The van der Waals surface area contributed by atoms with Gasteiger partial charge in [0, 0.05) is 25.2 Å². The standard InChI is InChI=1S/C10H14N4O3/c1-13-5-4-7(6-13)17-9-3-2-8(14(15)16)10(11)12-9/h2-3,7H,4-6H2,1H3,(H2,11,12). The van der Waals surface area contributed by atoms with Crippen molar-refractivity contribution >= 4 is 11.5 Å². The topological polar surface area (TPSA) is 94.5 Å². The van der Waals surface area contributed by atoms with Gasteiger partial charge in [-0.1, -0.05) is 0 Å². The van der Waals surface area contributed by atoms with Gasteiger partial charge in [-0.05, 0) is 13.5 Å². The minimum Gasteiger partial charge on any atom is -0.473 e. The highest BCUT2D eigenvalue weighted by atomic mass is 16.6. The lowest BCUT2D eigenvalue weighted by molar-refractivity contribution is -0.384. The molecule has 0 radical (unpaired) electrons. The summed E-state index contributed by atoms with van der Waals surface area (Å²) in [5, 5.41) is 10.6. The minimum atomic E-state index is -0.560. The number of nitro groups is 1. The van der Waals surface area contributed by atoms with Crippen molar-refractivity contribution in [1.82, 2.24) is 9.88 Å². The van der Waals surface area contributed by atoms with Crippen LogP contribution in [0.5, 0.6) is 5.88 Å². The number of hydrogen-bond acceptors (Lipinski definition) is 6. The van der Waals surface area contributed by atoms with E-state index in [2.05, 4.69) is 9.88 Å². The van der Waals surface area contributed by atoms with Gasteiger partial charge < -0.3 is 15.4 Å². The van der Waals surface area contributed by atoms with Gasteiger partial charge in [-0.15, -0.1) is 0 Å².